The number of likely N-dealkylation sites (tertiary alicyclic amines) is 1. The molecule has 1 aromatic heterocycles. The molecule has 1 unspecified atom stereocenters. The first kappa shape index (κ1) is 24.9. The van der Waals surface area contributed by atoms with Crippen molar-refractivity contribution in [2.45, 2.75) is 32.4 Å². The molecule has 1 atom stereocenters. The molecule has 2 fully saturated rings. The van der Waals surface area contributed by atoms with Crippen LogP contribution in [0.5, 0.6) is 0 Å². The van der Waals surface area contributed by atoms with Gasteiger partial charge in [0.15, 0.2) is 5.96 Å². The zero-order chi connectivity index (χ0) is 21.3. The molecule has 3 heterocycles. The number of aliphatic imine (C=N–C) groups is 1. The number of guanidine groups is 1. The highest BCUT2D eigenvalue weighted by atomic mass is 127. The van der Waals surface area contributed by atoms with Gasteiger partial charge in [-0.25, -0.2) is 4.99 Å². The molecule has 2 N–H and O–H groups in total. The van der Waals surface area contributed by atoms with Crippen LogP contribution in [0.2, 0.25) is 0 Å². The predicted octanol–water partition coefficient (Wildman–Crippen LogP) is 3.63. The fraction of sp³-hybridized carbons (Fsp3) is 0.542. The van der Waals surface area contributed by atoms with Gasteiger partial charge in [-0.05, 0) is 56.6 Å². The maximum Gasteiger partial charge on any atom is 0.191 e. The maximum atomic E-state index is 5.75. The first-order valence-electron chi connectivity index (χ1n) is 11.6. The minimum absolute atomic E-state index is 0. The number of nitrogens with one attached hydrogen (secondary N) is 2. The molecule has 4 rings (SSSR count). The topological polar surface area (TPSA) is 65.3 Å². The van der Waals surface area contributed by atoms with Gasteiger partial charge in [0.25, 0.3) is 0 Å². The number of hydrogen-bond donors (Lipinski definition) is 2. The van der Waals surface area contributed by atoms with Crippen molar-refractivity contribution in [2.24, 2.45) is 4.99 Å². The number of benzene rings is 1. The van der Waals surface area contributed by atoms with Crippen molar-refractivity contribution >= 4 is 35.6 Å². The van der Waals surface area contributed by atoms with E-state index in [1.54, 1.807) is 6.26 Å². The van der Waals surface area contributed by atoms with Crippen molar-refractivity contribution in [3.05, 3.63) is 54.0 Å². The Bertz CT molecular complexity index is 818. The summed E-state index contributed by atoms with van der Waals surface area (Å²) in [5, 5.41) is 6.96. The second-order valence-electron chi connectivity index (χ2n) is 8.08. The summed E-state index contributed by atoms with van der Waals surface area (Å²) in [5.41, 5.74) is 2.50. The third-order valence-electron chi connectivity index (χ3n) is 6.01. The molecule has 2 aliphatic rings. The fourth-order valence-electron chi connectivity index (χ4n) is 4.40. The first-order valence-corrected chi connectivity index (χ1v) is 11.6. The Balaban J connectivity index is 0.00000289. The number of rotatable bonds is 8. The number of hydrogen-bond acceptors (Lipinski definition) is 5. The summed E-state index contributed by atoms with van der Waals surface area (Å²) < 4.78 is 11.3. The highest BCUT2D eigenvalue weighted by Crippen LogP contribution is 2.25. The number of ether oxygens (including phenoxy) is 1. The van der Waals surface area contributed by atoms with E-state index in [1.165, 1.54) is 24.1 Å². The average molecular weight is 553 g/mol. The minimum atomic E-state index is 0. The van der Waals surface area contributed by atoms with Gasteiger partial charge >= 0.3 is 0 Å². The lowest BCUT2D eigenvalue weighted by Gasteiger charge is -2.30. The van der Waals surface area contributed by atoms with Gasteiger partial charge in [-0.15, -0.1) is 24.0 Å². The number of halogens is 1. The smallest absolute Gasteiger partial charge is 0.191 e. The number of morpholine rings is 1. The third kappa shape index (κ3) is 6.62. The van der Waals surface area contributed by atoms with Crippen molar-refractivity contribution in [3.8, 4) is 0 Å². The molecule has 0 bridgehead atoms. The van der Waals surface area contributed by atoms with Crippen molar-refractivity contribution < 1.29 is 9.15 Å². The maximum absolute atomic E-state index is 5.75. The largest absolute Gasteiger partial charge is 0.468 e. The van der Waals surface area contributed by atoms with Crippen LogP contribution in [0.15, 0.2) is 52.1 Å². The molecule has 0 amide bonds. The predicted molar refractivity (Wildman–Crippen MR) is 140 cm³/mol. The summed E-state index contributed by atoms with van der Waals surface area (Å²) >= 11 is 0. The second-order valence-corrected chi connectivity index (χ2v) is 8.08. The number of nitrogens with zero attached hydrogens (tertiary/aromatic N) is 3. The van der Waals surface area contributed by atoms with Crippen LogP contribution in [-0.2, 0) is 11.3 Å². The van der Waals surface area contributed by atoms with Gasteiger partial charge in [0, 0.05) is 31.9 Å². The van der Waals surface area contributed by atoms with E-state index >= 15 is 0 Å². The van der Waals surface area contributed by atoms with Crippen LogP contribution in [0.25, 0.3) is 0 Å². The van der Waals surface area contributed by atoms with Crippen LogP contribution in [0.3, 0.4) is 0 Å². The van der Waals surface area contributed by atoms with Crippen molar-refractivity contribution in [2.75, 3.05) is 57.4 Å². The standard InChI is InChI=1S/C24H35N5O2.HI/c1-2-25-24(27-19-22(23-10-7-15-31-23)28-11-5-6-12-28)26-18-20-8-3-4-9-21(20)29-13-16-30-17-14-29;/h3-4,7-10,15,22H,2,5-6,11-14,16-19H2,1H3,(H2,25,26,27);1H. The molecule has 0 saturated carbocycles. The molecule has 8 heteroatoms. The summed E-state index contributed by atoms with van der Waals surface area (Å²) in [5.74, 6) is 1.86. The summed E-state index contributed by atoms with van der Waals surface area (Å²) in [6.45, 7) is 10.00. The van der Waals surface area contributed by atoms with Crippen LogP contribution in [0, 0.1) is 0 Å². The van der Waals surface area contributed by atoms with Gasteiger partial charge in [-0.3, -0.25) is 4.90 Å². The first-order chi connectivity index (χ1) is 15.3. The number of furan rings is 1. The summed E-state index contributed by atoms with van der Waals surface area (Å²) in [7, 11) is 0. The molecule has 176 valence electrons. The zero-order valence-corrected chi connectivity index (χ0v) is 21.3. The fourth-order valence-corrected chi connectivity index (χ4v) is 4.40. The van der Waals surface area contributed by atoms with E-state index in [2.05, 4.69) is 57.7 Å². The summed E-state index contributed by atoms with van der Waals surface area (Å²) in [6.07, 6.45) is 4.27. The average Bonchev–Trinajstić information content (AvgIpc) is 3.54. The van der Waals surface area contributed by atoms with E-state index in [1.807, 2.05) is 6.07 Å². The van der Waals surface area contributed by atoms with Crippen molar-refractivity contribution in [3.63, 3.8) is 0 Å². The Morgan fingerprint density at radius 1 is 1.03 bits per heavy atom. The van der Waals surface area contributed by atoms with Crippen LogP contribution < -0.4 is 15.5 Å². The molecule has 0 aliphatic carbocycles. The minimum Gasteiger partial charge on any atom is -0.468 e. The Hall–Kier alpha value is -1.78. The van der Waals surface area contributed by atoms with E-state index in [0.29, 0.717) is 6.54 Å². The molecule has 7 nitrogen and oxygen atoms in total. The molecular formula is C24H36IN5O2. The lowest BCUT2D eigenvalue weighted by molar-refractivity contribution is 0.122. The van der Waals surface area contributed by atoms with E-state index in [-0.39, 0.29) is 30.0 Å². The number of para-hydroxylation sites is 1. The molecular weight excluding hydrogens is 517 g/mol. The highest BCUT2D eigenvalue weighted by molar-refractivity contribution is 14.0. The van der Waals surface area contributed by atoms with E-state index in [9.17, 15) is 0 Å². The number of anilines is 1. The van der Waals surface area contributed by atoms with Crippen LogP contribution in [-0.4, -0.2) is 63.3 Å². The van der Waals surface area contributed by atoms with Gasteiger partial charge in [-0.2, -0.15) is 0 Å². The van der Waals surface area contributed by atoms with Crippen molar-refractivity contribution in [1.82, 2.24) is 15.5 Å². The molecule has 0 radical (unpaired) electrons. The summed E-state index contributed by atoms with van der Waals surface area (Å²) in [6, 6.07) is 12.8. The Morgan fingerprint density at radius 2 is 1.81 bits per heavy atom. The second kappa shape index (κ2) is 13.1. The molecule has 2 aromatic rings. The molecule has 0 spiro atoms. The molecule has 32 heavy (non-hydrogen) atoms. The Labute approximate surface area is 208 Å². The highest BCUT2D eigenvalue weighted by Gasteiger charge is 2.25. The van der Waals surface area contributed by atoms with Crippen LogP contribution in [0.1, 0.15) is 37.1 Å². The Kier molecular flexibility index (Phi) is 10.1. The van der Waals surface area contributed by atoms with Gasteiger partial charge in [0.05, 0.1) is 32.1 Å². The van der Waals surface area contributed by atoms with E-state index < -0.39 is 0 Å². The Morgan fingerprint density at radius 3 is 2.53 bits per heavy atom. The van der Waals surface area contributed by atoms with Crippen molar-refractivity contribution in [1.29, 1.82) is 0 Å². The molecule has 2 saturated heterocycles. The van der Waals surface area contributed by atoms with Gasteiger partial charge in [0.1, 0.15) is 5.76 Å². The normalized spacial score (nSPS) is 18.3. The SMILES string of the molecule is CCNC(=NCc1ccccc1N1CCOCC1)NCC(c1ccco1)N1CCCC1.I. The third-order valence-corrected chi connectivity index (χ3v) is 6.01. The molecule has 2 aliphatic heterocycles. The van der Waals surface area contributed by atoms with Crippen LogP contribution >= 0.6 is 24.0 Å². The quantitative estimate of drug-likeness (QED) is 0.296. The lowest BCUT2D eigenvalue weighted by atomic mass is 10.1. The van der Waals surface area contributed by atoms with E-state index in [4.69, 9.17) is 14.1 Å². The zero-order valence-electron chi connectivity index (χ0n) is 19.0. The molecule has 1 aromatic carbocycles. The van der Waals surface area contributed by atoms with E-state index in [0.717, 1.165) is 64.2 Å². The van der Waals surface area contributed by atoms with Gasteiger partial charge in [0.2, 0.25) is 0 Å². The van der Waals surface area contributed by atoms with Crippen LogP contribution in [0.4, 0.5) is 5.69 Å². The summed E-state index contributed by atoms with van der Waals surface area (Å²) in [4.78, 5) is 9.81. The lowest BCUT2D eigenvalue weighted by Crippen LogP contribution is -2.42. The van der Waals surface area contributed by atoms with Gasteiger partial charge in [-0.1, -0.05) is 18.2 Å². The van der Waals surface area contributed by atoms with Gasteiger partial charge < -0.3 is 24.7 Å². The monoisotopic (exact) mass is 553 g/mol.